The highest BCUT2D eigenvalue weighted by Gasteiger charge is 2.60. The smallest absolute Gasteiger partial charge is 0.345 e. The average Bonchev–Trinajstić information content (AvgIpc) is 3.48. The van der Waals surface area contributed by atoms with Gasteiger partial charge in [-0.2, -0.15) is 0 Å². The molecule has 2 bridgehead atoms. The maximum absolute atomic E-state index is 11.4. The van der Waals surface area contributed by atoms with Gasteiger partial charge in [0.1, 0.15) is 29.5 Å². The number of carbonyl (C=O) groups is 2. The van der Waals surface area contributed by atoms with Crippen molar-refractivity contribution in [2.75, 3.05) is 6.61 Å². The third kappa shape index (κ3) is 4.35. The lowest BCUT2D eigenvalue weighted by Crippen LogP contribution is -2.40. The Kier molecular flexibility index (Phi) is 6.20. The lowest BCUT2D eigenvalue weighted by molar-refractivity contribution is -0.151. The number of benzene rings is 1. The summed E-state index contributed by atoms with van der Waals surface area (Å²) in [6.45, 7) is 7.25. The van der Waals surface area contributed by atoms with Crippen molar-refractivity contribution in [3.63, 3.8) is 0 Å². The average molecular weight is 442 g/mol. The van der Waals surface area contributed by atoms with Crippen LogP contribution in [0.2, 0.25) is 0 Å². The molecule has 0 spiro atoms. The van der Waals surface area contributed by atoms with Gasteiger partial charge in [0.25, 0.3) is 0 Å². The van der Waals surface area contributed by atoms with Gasteiger partial charge in [0, 0.05) is 24.3 Å². The fourth-order valence-electron chi connectivity index (χ4n) is 4.64. The summed E-state index contributed by atoms with van der Waals surface area (Å²) >= 11 is 0. The molecule has 6 atom stereocenters. The van der Waals surface area contributed by atoms with Crippen LogP contribution in [0.25, 0.3) is 0 Å². The normalized spacial score (nSPS) is 30.6. The van der Waals surface area contributed by atoms with E-state index in [1.54, 1.807) is 19.1 Å². The molecule has 170 valence electrons. The van der Waals surface area contributed by atoms with Crippen LogP contribution in [0.1, 0.15) is 31.4 Å². The summed E-state index contributed by atoms with van der Waals surface area (Å²) in [5, 5.41) is 9.33. The minimum Gasteiger partial charge on any atom is -0.508 e. The van der Waals surface area contributed by atoms with Crippen LogP contribution in [-0.2, 0) is 46.2 Å². The number of hydrogen-bond donors (Lipinski definition) is 1. The predicted molar refractivity (Wildman–Crippen MR) is 111 cm³/mol. The molecule has 5 rings (SSSR count). The van der Waals surface area contributed by atoms with Crippen molar-refractivity contribution in [1.29, 1.82) is 0 Å². The summed E-state index contributed by atoms with van der Waals surface area (Å²) in [4.78, 5) is 33.1. The number of aromatic hydroxyl groups is 1. The second-order valence-corrected chi connectivity index (χ2v) is 8.70. The summed E-state index contributed by atoms with van der Waals surface area (Å²) in [5.74, 6) is 1.28. The third-order valence-electron chi connectivity index (χ3n) is 6.26. The molecule has 3 fully saturated rings. The highest BCUT2D eigenvalue weighted by atomic mass is 16.6. The first-order valence-electron chi connectivity index (χ1n) is 10.6. The van der Waals surface area contributed by atoms with Gasteiger partial charge in [-0.3, -0.25) is 0 Å². The first kappa shape index (κ1) is 22.3. The van der Waals surface area contributed by atoms with E-state index >= 15 is 0 Å². The van der Waals surface area contributed by atoms with Gasteiger partial charge in [-0.15, -0.1) is 0 Å². The molecule has 3 saturated heterocycles. The molecule has 3 aliphatic heterocycles. The van der Waals surface area contributed by atoms with Gasteiger partial charge in [-0.05, 0) is 43.5 Å². The van der Waals surface area contributed by atoms with Gasteiger partial charge < -0.3 is 24.1 Å². The van der Waals surface area contributed by atoms with Crippen LogP contribution >= 0.6 is 0 Å². The molecule has 0 saturated carbocycles. The molecule has 32 heavy (non-hydrogen) atoms. The number of hydrogen-bond acceptors (Lipinski definition) is 8. The van der Waals surface area contributed by atoms with E-state index in [0.29, 0.717) is 30.9 Å². The second kappa shape index (κ2) is 8.90. The van der Waals surface area contributed by atoms with Crippen molar-refractivity contribution in [2.45, 2.75) is 63.6 Å². The molecule has 8 nitrogen and oxygen atoms in total. The molecule has 0 radical (unpaired) electrons. The largest absolute Gasteiger partial charge is 0.508 e. The minimum atomic E-state index is -0.622. The van der Waals surface area contributed by atoms with Crippen molar-refractivity contribution >= 4 is 17.9 Å². The molecule has 0 aromatic heterocycles. The zero-order valence-electron chi connectivity index (χ0n) is 18.0. The Labute approximate surface area is 185 Å². The number of ether oxygens (including phenoxy) is 4. The molecule has 1 aromatic carbocycles. The molecule has 1 N–H and O–H groups in total. The fourth-order valence-corrected chi connectivity index (χ4v) is 4.64. The van der Waals surface area contributed by atoms with E-state index in [1.165, 1.54) is 12.9 Å². The lowest BCUT2D eigenvalue weighted by atomic mass is 9.88. The van der Waals surface area contributed by atoms with Crippen LogP contribution in [0.4, 0.5) is 0 Å². The quantitative estimate of drug-likeness (QED) is 0.428. The Morgan fingerprint density at radius 1 is 1.12 bits per heavy atom. The Balaban J connectivity index is 0.000000153. The van der Waals surface area contributed by atoms with E-state index in [0.717, 1.165) is 17.5 Å². The molecule has 1 aliphatic carbocycles. The van der Waals surface area contributed by atoms with Crippen LogP contribution in [-0.4, -0.2) is 60.1 Å². The zero-order valence-corrected chi connectivity index (χ0v) is 18.0. The van der Waals surface area contributed by atoms with Crippen molar-refractivity contribution < 1.29 is 38.4 Å². The SMILES string of the molecule is C=C(C)C(=O)OC1Cc2ccc(O)cc2C1.CC(=C=O)C(=O)OC1C2CC3COC1C3O2. The van der Waals surface area contributed by atoms with E-state index in [9.17, 15) is 19.5 Å². The van der Waals surface area contributed by atoms with Gasteiger partial charge >= 0.3 is 11.9 Å². The molecule has 0 amide bonds. The number of rotatable bonds is 4. The number of carbonyl (C=O) groups excluding carboxylic acids is 3. The molecule has 3 heterocycles. The van der Waals surface area contributed by atoms with Gasteiger partial charge in [0.15, 0.2) is 6.10 Å². The van der Waals surface area contributed by atoms with E-state index < -0.39 is 5.97 Å². The molecule has 1 aromatic rings. The summed E-state index contributed by atoms with van der Waals surface area (Å²) in [5.41, 5.74) is 2.56. The maximum Gasteiger partial charge on any atom is 0.345 e. The van der Waals surface area contributed by atoms with Crippen molar-refractivity contribution in [2.24, 2.45) is 5.92 Å². The third-order valence-corrected chi connectivity index (χ3v) is 6.26. The zero-order chi connectivity index (χ0) is 23.0. The van der Waals surface area contributed by atoms with E-state index in [4.69, 9.17) is 18.9 Å². The Hall–Kier alpha value is -2.93. The van der Waals surface area contributed by atoms with Gasteiger partial charge in [-0.25, -0.2) is 14.4 Å². The summed E-state index contributed by atoms with van der Waals surface area (Å²) in [6, 6.07) is 5.25. The highest BCUT2D eigenvalue weighted by molar-refractivity contribution is 5.96. The summed E-state index contributed by atoms with van der Waals surface area (Å²) < 4.78 is 21.7. The molecule has 8 heteroatoms. The Bertz CT molecular complexity index is 990. The van der Waals surface area contributed by atoms with Crippen LogP contribution in [0, 0.1) is 5.92 Å². The van der Waals surface area contributed by atoms with Crippen LogP contribution in [0.5, 0.6) is 5.75 Å². The molecular formula is C24H26O8. The van der Waals surface area contributed by atoms with E-state index in [-0.39, 0.29) is 47.8 Å². The fraction of sp³-hybridized carbons (Fsp3) is 0.500. The lowest BCUT2D eigenvalue weighted by Gasteiger charge is -2.22. The topological polar surface area (TPSA) is 108 Å². The van der Waals surface area contributed by atoms with Gasteiger partial charge in [-0.1, -0.05) is 12.6 Å². The van der Waals surface area contributed by atoms with Gasteiger partial charge in [0.2, 0.25) is 0 Å². The first-order chi connectivity index (χ1) is 15.3. The number of phenols is 1. The van der Waals surface area contributed by atoms with Crippen LogP contribution < -0.4 is 0 Å². The van der Waals surface area contributed by atoms with Crippen LogP contribution in [0.15, 0.2) is 35.9 Å². The van der Waals surface area contributed by atoms with Crippen molar-refractivity contribution in [1.82, 2.24) is 0 Å². The predicted octanol–water partition coefficient (Wildman–Crippen LogP) is 1.84. The molecule has 6 unspecified atom stereocenters. The van der Waals surface area contributed by atoms with E-state index in [2.05, 4.69) is 6.58 Å². The standard InChI is InChI=1S/C13H14O3.C11H12O5/c1-8(2)13(15)16-12-6-9-3-4-11(14)5-10(9)7-12;1-5(3-12)11(13)16-9-7-2-6-4-14-10(9)8(6)15-7/h3-5,12,14H,1,6-7H2,2H3;6-10H,2,4H2,1H3. The number of esters is 2. The monoisotopic (exact) mass is 442 g/mol. The summed E-state index contributed by atoms with van der Waals surface area (Å²) in [7, 11) is 0. The second-order valence-electron chi connectivity index (χ2n) is 8.70. The minimum absolute atomic E-state index is 0.0441. The number of fused-ring (bicyclic) bond motifs is 2. The Morgan fingerprint density at radius 3 is 2.59 bits per heavy atom. The molecular weight excluding hydrogens is 416 g/mol. The Morgan fingerprint density at radius 2 is 1.88 bits per heavy atom. The van der Waals surface area contributed by atoms with Crippen LogP contribution in [0.3, 0.4) is 0 Å². The summed E-state index contributed by atoms with van der Waals surface area (Å²) in [6.07, 6.45) is 1.64. The molecule has 4 aliphatic rings. The maximum atomic E-state index is 11.4. The van der Waals surface area contributed by atoms with Gasteiger partial charge in [0.05, 0.1) is 18.8 Å². The highest BCUT2D eigenvalue weighted by Crippen LogP contribution is 2.46. The van der Waals surface area contributed by atoms with Crippen molar-refractivity contribution in [3.8, 4) is 5.75 Å². The first-order valence-corrected chi connectivity index (χ1v) is 10.6. The van der Waals surface area contributed by atoms with E-state index in [1.807, 2.05) is 6.07 Å². The number of phenolic OH excluding ortho intramolecular Hbond substituents is 1. The van der Waals surface area contributed by atoms with Crippen molar-refractivity contribution in [3.05, 3.63) is 47.1 Å².